The summed E-state index contributed by atoms with van der Waals surface area (Å²) in [7, 11) is -0.964. The van der Waals surface area contributed by atoms with Gasteiger partial charge in [-0.15, -0.1) is 0 Å². The number of nitrogens with zero attached hydrogens (tertiary/aromatic N) is 3. The molecule has 0 bridgehead atoms. The number of halogens is 2. The molecule has 0 atom stereocenters. The molecular weight excluding hydrogens is 644 g/mol. The van der Waals surface area contributed by atoms with Crippen LogP contribution in [-0.4, -0.2) is 48.8 Å². The molecule has 0 spiro atoms. The monoisotopic (exact) mass is 673 g/mol. The Balaban J connectivity index is 1.58. The van der Waals surface area contributed by atoms with Crippen LogP contribution in [0.2, 0.25) is 0 Å². The molecule has 3 aromatic carbocycles. The molecule has 6 aromatic rings. The van der Waals surface area contributed by atoms with E-state index in [1.165, 1.54) is 74.2 Å². The Hall–Kier alpha value is -5.63. The highest BCUT2D eigenvalue weighted by Crippen LogP contribution is 2.40. The summed E-state index contributed by atoms with van der Waals surface area (Å²) in [5.74, 6) is -0.903. The largest absolute Gasteiger partial charge is 0.496 e. The Morgan fingerprint density at radius 3 is 2.42 bits per heavy atom. The van der Waals surface area contributed by atoms with Crippen LogP contribution in [0.1, 0.15) is 28.7 Å². The lowest BCUT2D eigenvalue weighted by Gasteiger charge is -2.15. The third-order valence-corrected chi connectivity index (χ3v) is 9.17. The first-order valence-corrected chi connectivity index (χ1v) is 16.4. The van der Waals surface area contributed by atoms with Gasteiger partial charge in [0.1, 0.15) is 34.6 Å². The number of furan rings is 1. The minimum atomic E-state index is -3.82. The summed E-state index contributed by atoms with van der Waals surface area (Å²) in [6, 6.07) is 15.6. The first-order chi connectivity index (χ1) is 22.9. The number of carbonyl (C=O) groups is 1. The van der Waals surface area contributed by atoms with E-state index in [1.807, 2.05) is 0 Å². The molecule has 0 unspecified atom stereocenters. The normalized spacial score (nSPS) is 11.6. The van der Waals surface area contributed by atoms with Gasteiger partial charge < -0.3 is 14.5 Å². The number of sulfonamides is 1. The van der Waals surface area contributed by atoms with Crippen LogP contribution >= 0.6 is 0 Å². The van der Waals surface area contributed by atoms with E-state index in [0.29, 0.717) is 27.9 Å². The quantitative estimate of drug-likeness (QED) is 0.201. The zero-order valence-electron chi connectivity index (χ0n) is 26.2. The van der Waals surface area contributed by atoms with Crippen LogP contribution in [0.15, 0.2) is 75.9 Å². The number of amides is 1. The van der Waals surface area contributed by atoms with Crippen molar-refractivity contribution in [3.05, 3.63) is 106 Å². The van der Waals surface area contributed by atoms with Crippen molar-refractivity contribution in [2.45, 2.75) is 20.4 Å². The van der Waals surface area contributed by atoms with Gasteiger partial charge in [0.2, 0.25) is 10.0 Å². The van der Waals surface area contributed by atoms with Crippen molar-refractivity contribution < 1.29 is 31.1 Å². The SMILES string of the molecule is CCS(=O)(=O)Nc1cc2oc(-c3ccc(F)cc3)c(C(=O)NC)c2cc1-c1ccc2nc(C)n(Cc3ccc(F)cc3OC)c(=O)c2n1. The molecule has 3 aromatic heterocycles. The summed E-state index contributed by atoms with van der Waals surface area (Å²) < 4.78 is 68.5. The molecule has 0 aliphatic heterocycles. The van der Waals surface area contributed by atoms with Gasteiger partial charge in [0, 0.05) is 41.3 Å². The van der Waals surface area contributed by atoms with E-state index in [1.54, 1.807) is 25.1 Å². The number of rotatable bonds is 9. The van der Waals surface area contributed by atoms with Crippen molar-refractivity contribution in [1.82, 2.24) is 19.9 Å². The number of hydrogen-bond acceptors (Lipinski definition) is 8. The fraction of sp³-hybridized carbons (Fsp3) is 0.176. The average molecular weight is 674 g/mol. The minimum absolute atomic E-state index is 0.00528. The third kappa shape index (κ3) is 5.97. The Morgan fingerprint density at radius 1 is 1.00 bits per heavy atom. The smallest absolute Gasteiger partial charge is 0.280 e. The maximum atomic E-state index is 13.9. The number of hydrogen-bond donors (Lipinski definition) is 2. The van der Waals surface area contributed by atoms with Gasteiger partial charge in [0.15, 0.2) is 5.52 Å². The number of anilines is 1. The Morgan fingerprint density at radius 2 is 1.73 bits per heavy atom. The van der Waals surface area contributed by atoms with Gasteiger partial charge >= 0.3 is 0 Å². The summed E-state index contributed by atoms with van der Waals surface area (Å²) in [6.45, 7) is 3.16. The molecule has 1 amide bonds. The molecule has 0 radical (unpaired) electrons. The number of fused-ring (bicyclic) bond motifs is 2. The van der Waals surface area contributed by atoms with Crippen molar-refractivity contribution >= 4 is 43.6 Å². The maximum absolute atomic E-state index is 13.9. The highest BCUT2D eigenvalue weighted by Gasteiger charge is 2.25. The molecule has 2 N–H and O–H groups in total. The fourth-order valence-corrected chi connectivity index (χ4v) is 6.05. The number of ether oxygens (including phenoxy) is 1. The van der Waals surface area contributed by atoms with Gasteiger partial charge in [-0.2, -0.15) is 0 Å². The van der Waals surface area contributed by atoms with Crippen LogP contribution in [0.3, 0.4) is 0 Å². The van der Waals surface area contributed by atoms with E-state index >= 15 is 0 Å². The number of pyridine rings is 1. The zero-order chi connectivity index (χ0) is 34.3. The van der Waals surface area contributed by atoms with Crippen molar-refractivity contribution in [2.75, 3.05) is 24.6 Å². The van der Waals surface area contributed by atoms with Crippen LogP contribution in [0.4, 0.5) is 14.5 Å². The van der Waals surface area contributed by atoms with Crippen LogP contribution < -0.4 is 20.3 Å². The van der Waals surface area contributed by atoms with Crippen LogP contribution in [0, 0.1) is 18.6 Å². The van der Waals surface area contributed by atoms with Gasteiger partial charge in [0.25, 0.3) is 11.5 Å². The van der Waals surface area contributed by atoms with Crippen molar-refractivity contribution in [3.63, 3.8) is 0 Å². The van der Waals surface area contributed by atoms with E-state index in [4.69, 9.17) is 9.15 Å². The second-order valence-electron chi connectivity index (χ2n) is 10.9. The lowest BCUT2D eigenvalue weighted by atomic mass is 10.0. The zero-order valence-corrected chi connectivity index (χ0v) is 27.0. The molecule has 11 nitrogen and oxygen atoms in total. The molecule has 0 saturated heterocycles. The van der Waals surface area contributed by atoms with E-state index in [2.05, 4.69) is 20.0 Å². The topological polar surface area (TPSA) is 145 Å². The van der Waals surface area contributed by atoms with E-state index < -0.39 is 33.1 Å². The standard InChI is InChI=1S/C34H29F2N5O6S/c1-5-48(44,45)40-27-16-29-24(30(33(42)37-3)32(47-29)19-6-9-21(35)10-7-19)15-23(27)25-12-13-26-31(39-25)34(43)41(18(2)38-26)17-20-8-11-22(36)14-28(20)46-4/h6-16,40H,5,17H2,1-4H3,(H,37,42). The number of aromatic nitrogens is 3. The van der Waals surface area contributed by atoms with Gasteiger partial charge in [-0.3, -0.25) is 18.9 Å². The molecule has 0 aliphatic carbocycles. The number of methoxy groups -OCH3 is 1. The lowest BCUT2D eigenvalue weighted by molar-refractivity contribution is 0.0964. The van der Waals surface area contributed by atoms with Gasteiger partial charge in [-0.1, -0.05) is 6.07 Å². The maximum Gasteiger partial charge on any atom is 0.280 e. The third-order valence-electron chi connectivity index (χ3n) is 7.88. The molecule has 246 valence electrons. The Bertz CT molecular complexity index is 2410. The first-order valence-electron chi connectivity index (χ1n) is 14.7. The predicted octanol–water partition coefficient (Wildman–Crippen LogP) is 5.64. The lowest BCUT2D eigenvalue weighted by Crippen LogP contribution is -2.25. The second-order valence-corrected chi connectivity index (χ2v) is 12.9. The second kappa shape index (κ2) is 12.5. The molecule has 0 aliphatic rings. The molecule has 0 fully saturated rings. The van der Waals surface area contributed by atoms with Gasteiger partial charge in [0.05, 0.1) is 41.9 Å². The van der Waals surface area contributed by atoms with E-state index in [0.717, 1.165) is 0 Å². The molecule has 0 saturated carbocycles. The summed E-state index contributed by atoms with van der Waals surface area (Å²) in [5, 5.41) is 2.92. The number of carbonyl (C=O) groups excluding carboxylic acids is 1. The van der Waals surface area contributed by atoms with Crippen molar-refractivity contribution in [2.24, 2.45) is 0 Å². The molecule has 14 heteroatoms. The summed E-state index contributed by atoms with van der Waals surface area (Å²) in [4.78, 5) is 36.3. The Labute approximate surface area is 273 Å². The molecule has 3 heterocycles. The van der Waals surface area contributed by atoms with Gasteiger partial charge in [-0.05, 0) is 62.4 Å². The van der Waals surface area contributed by atoms with Crippen LogP contribution in [0.25, 0.3) is 44.6 Å². The molecule has 48 heavy (non-hydrogen) atoms. The van der Waals surface area contributed by atoms with Crippen molar-refractivity contribution in [3.8, 4) is 28.3 Å². The molecular formula is C34H29F2N5O6S. The van der Waals surface area contributed by atoms with Gasteiger partial charge in [-0.25, -0.2) is 27.2 Å². The predicted molar refractivity (Wildman–Crippen MR) is 178 cm³/mol. The van der Waals surface area contributed by atoms with E-state index in [9.17, 15) is 26.8 Å². The average Bonchev–Trinajstić information content (AvgIpc) is 3.44. The minimum Gasteiger partial charge on any atom is -0.496 e. The molecule has 6 rings (SSSR count). The number of benzene rings is 3. The summed E-state index contributed by atoms with van der Waals surface area (Å²) in [5.41, 5.74) is 1.64. The number of nitrogens with one attached hydrogen (secondary N) is 2. The van der Waals surface area contributed by atoms with Crippen molar-refractivity contribution in [1.29, 1.82) is 0 Å². The number of aryl methyl sites for hydroxylation is 1. The first kappa shape index (κ1) is 32.3. The van der Waals surface area contributed by atoms with Crippen LogP contribution in [0.5, 0.6) is 5.75 Å². The highest BCUT2D eigenvalue weighted by atomic mass is 32.2. The Kier molecular flexibility index (Phi) is 8.43. The highest BCUT2D eigenvalue weighted by molar-refractivity contribution is 7.92. The summed E-state index contributed by atoms with van der Waals surface area (Å²) in [6.07, 6.45) is 0. The fourth-order valence-electron chi connectivity index (χ4n) is 5.40. The van der Waals surface area contributed by atoms with E-state index in [-0.39, 0.29) is 57.4 Å². The summed E-state index contributed by atoms with van der Waals surface area (Å²) >= 11 is 0. The van der Waals surface area contributed by atoms with Crippen LogP contribution in [-0.2, 0) is 16.6 Å².